The minimum Gasteiger partial charge on any atom is -0.497 e. The Labute approximate surface area is 111 Å². The Bertz CT molecular complexity index is 534. The first-order valence-corrected chi connectivity index (χ1v) is 6.51. The van der Waals surface area contributed by atoms with Crippen LogP contribution >= 0.6 is 11.8 Å². The largest absolute Gasteiger partial charge is 0.497 e. The molecule has 1 heterocycles. The second-order valence-corrected chi connectivity index (χ2v) is 5.04. The molecule has 96 valence electrons. The van der Waals surface area contributed by atoms with Gasteiger partial charge in [-0.3, -0.25) is 4.68 Å². The second-order valence-electron chi connectivity index (χ2n) is 3.97. The maximum absolute atomic E-state index is 5.78. The summed E-state index contributed by atoms with van der Waals surface area (Å²) in [4.78, 5) is 1.15. The monoisotopic (exact) mass is 263 g/mol. The molecule has 0 aliphatic carbocycles. The van der Waals surface area contributed by atoms with Gasteiger partial charge >= 0.3 is 0 Å². The molecular weight excluding hydrogens is 246 g/mol. The van der Waals surface area contributed by atoms with Gasteiger partial charge in [0.1, 0.15) is 10.8 Å². The zero-order valence-electron chi connectivity index (χ0n) is 10.8. The van der Waals surface area contributed by atoms with Gasteiger partial charge in [-0.25, -0.2) is 0 Å². The van der Waals surface area contributed by atoms with Crippen molar-refractivity contribution < 1.29 is 4.74 Å². The number of methoxy groups -OCH3 is 1. The highest BCUT2D eigenvalue weighted by Crippen LogP contribution is 2.32. The quantitative estimate of drug-likeness (QED) is 0.920. The molecule has 2 rings (SSSR count). The van der Waals surface area contributed by atoms with Crippen molar-refractivity contribution in [3.05, 3.63) is 35.5 Å². The van der Waals surface area contributed by atoms with Crippen molar-refractivity contribution in [3.8, 4) is 5.75 Å². The van der Waals surface area contributed by atoms with Gasteiger partial charge in [-0.1, -0.05) is 11.8 Å². The number of aromatic nitrogens is 2. The summed E-state index contributed by atoms with van der Waals surface area (Å²) in [7, 11) is 3.61. The van der Waals surface area contributed by atoms with E-state index >= 15 is 0 Å². The van der Waals surface area contributed by atoms with Crippen molar-refractivity contribution in [2.75, 3.05) is 7.11 Å². The van der Waals surface area contributed by atoms with Gasteiger partial charge in [0.2, 0.25) is 0 Å². The molecule has 0 spiro atoms. The first kappa shape index (κ1) is 13.0. The molecule has 0 aliphatic rings. The highest BCUT2D eigenvalue weighted by atomic mass is 32.2. The van der Waals surface area contributed by atoms with Gasteiger partial charge in [0.25, 0.3) is 0 Å². The summed E-state index contributed by atoms with van der Waals surface area (Å²) in [6.07, 6.45) is 0. The topological polar surface area (TPSA) is 53.1 Å². The number of hydrogen-bond acceptors (Lipinski definition) is 4. The molecule has 5 heteroatoms. The Hall–Kier alpha value is -1.46. The Kier molecular flexibility index (Phi) is 3.93. The van der Waals surface area contributed by atoms with E-state index in [0.717, 1.165) is 26.9 Å². The molecule has 0 bridgehead atoms. The van der Waals surface area contributed by atoms with Gasteiger partial charge in [0.05, 0.1) is 12.8 Å². The van der Waals surface area contributed by atoms with E-state index in [4.69, 9.17) is 10.5 Å². The molecule has 2 aromatic rings. The molecule has 1 aromatic heterocycles. The van der Waals surface area contributed by atoms with Crippen LogP contribution in [0.15, 0.2) is 34.2 Å². The molecule has 0 saturated heterocycles. The predicted molar refractivity (Wildman–Crippen MR) is 73.0 cm³/mol. The highest BCUT2D eigenvalue weighted by Gasteiger charge is 2.12. The Balaban J connectivity index is 2.27. The summed E-state index contributed by atoms with van der Waals surface area (Å²) in [6, 6.07) is 7.97. The SMILES string of the molecule is COc1ccc(Sc2c(CN)c(C)nn2C)cc1. The Morgan fingerprint density at radius 1 is 1.33 bits per heavy atom. The summed E-state index contributed by atoms with van der Waals surface area (Å²) in [5.41, 5.74) is 7.88. The summed E-state index contributed by atoms with van der Waals surface area (Å²) in [5, 5.41) is 5.50. The zero-order valence-corrected chi connectivity index (χ0v) is 11.6. The van der Waals surface area contributed by atoms with Crippen LogP contribution < -0.4 is 10.5 Å². The summed E-state index contributed by atoms with van der Waals surface area (Å²) in [5.74, 6) is 0.861. The van der Waals surface area contributed by atoms with Crippen molar-refractivity contribution >= 4 is 11.8 Å². The van der Waals surface area contributed by atoms with Crippen molar-refractivity contribution in [3.63, 3.8) is 0 Å². The second kappa shape index (κ2) is 5.46. The smallest absolute Gasteiger partial charge is 0.118 e. The van der Waals surface area contributed by atoms with Crippen LogP contribution in [-0.2, 0) is 13.6 Å². The normalized spacial score (nSPS) is 10.7. The summed E-state index contributed by atoms with van der Waals surface area (Å²) in [6.45, 7) is 2.50. The lowest BCUT2D eigenvalue weighted by Crippen LogP contribution is -1.99. The van der Waals surface area contributed by atoms with Gasteiger partial charge < -0.3 is 10.5 Å². The average Bonchev–Trinajstić information content (AvgIpc) is 2.64. The van der Waals surface area contributed by atoms with Gasteiger partial charge in [0, 0.05) is 24.1 Å². The van der Waals surface area contributed by atoms with Gasteiger partial charge in [-0.2, -0.15) is 5.10 Å². The van der Waals surface area contributed by atoms with Crippen molar-refractivity contribution in [1.82, 2.24) is 9.78 Å². The molecule has 1 aromatic carbocycles. The third kappa shape index (κ3) is 2.52. The molecule has 0 amide bonds. The van der Waals surface area contributed by atoms with E-state index < -0.39 is 0 Å². The maximum atomic E-state index is 5.78. The molecule has 0 aliphatic heterocycles. The summed E-state index contributed by atoms with van der Waals surface area (Å²) >= 11 is 1.67. The van der Waals surface area contributed by atoms with Crippen molar-refractivity contribution in [2.45, 2.75) is 23.4 Å². The third-order valence-electron chi connectivity index (χ3n) is 2.77. The van der Waals surface area contributed by atoms with Crippen LogP contribution in [-0.4, -0.2) is 16.9 Å². The zero-order chi connectivity index (χ0) is 13.1. The lowest BCUT2D eigenvalue weighted by molar-refractivity contribution is 0.414. The predicted octanol–water partition coefficient (Wildman–Crippen LogP) is 2.35. The Morgan fingerprint density at radius 3 is 2.56 bits per heavy atom. The van der Waals surface area contributed by atoms with Crippen molar-refractivity contribution in [2.24, 2.45) is 12.8 Å². The number of hydrogen-bond donors (Lipinski definition) is 1. The molecule has 0 saturated carbocycles. The van der Waals surface area contributed by atoms with Crippen molar-refractivity contribution in [1.29, 1.82) is 0 Å². The number of aryl methyl sites for hydroxylation is 2. The van der Waals surface area contributed by atoms with Gasteiger partial charge in [0.15, 0.2) is 0 Å². The molecular formula is C13H17N3OS. The van der Waals surface area contributed by atoms with Crippen LogP contribution in [0.25, 0.3) is 0 Å². The molecule has 18 heavy (non-hydrogen) atoms. The number of benzene rings is 1. The molecule has 0 unspecified atom stereocenters. The fraction of sp³-hybridized carbons (Fsp3) is 0.308. The van der Waals surface area contributed by atoms with E-state index in [-0.39, 0.29) is 0 Å². The maximum Gasteiger partial charge on any atom is 0.118 e. The molecule has 2 N–H and O–H groups in total. The summed E-state index contributed by atoms with van der Waals surface area (Å²) < 4.78 is 7.03. The Morgan fingerprint density at radius 2 is 2.00 bits per heavy atom. The number of ether oxygens (including phenoxy) is 1. The van der Waals surface area contributed by atoms with E-state index in [1.165, 1.54) is 0 Å². The van der Waals surface area contributed by atoms with Crippen LogP contribution in [0.3, 0.4) is 0 Å². The van der Waals surface area contributed by atoms with Crippen LogP contribution in [0.5, 0.6) is 5.75 Å². The lowest BCUT2D eigenvalue weighted by atomic mass is 10.3. The van der Waals surface area contributed by atoms with E-state index in [1.807, 2.05) is 42.9 Å². The van der Waals surface area contributed by atoms with E-state index in [9.17, 15) is 0 Å². The van der Waals surface area contributed by atoms with E-state index in [1.54, 1.807) is 18.9 Å². The van der Waals surface area contributed by atoms with Crippen LogP contribution in [0.4, 0.5) is 0 Å². The first-order valence-electron chi connectivity index (χ1n) is 5.70. The molecule has 4 nitrogen and oxygen atoms in total. The third-order valence-corrected chi connectivity index (χ3v) is 3.98. The number of rotatable bonds is 4. The molecule has 0 radical (unpaired) electrons. The van der Waals surface area contributed by atoms with Crippen LogP contribution in [0, 0.1) is 6.92 Å². The fourth-order valence-electron chi connectivity index (χ4n) is 1.80. The van der Waals surface area contributed by atoms with Crippen LogP contribution in [0.2, 0.25) is 0 Å². The fourth-order valence-corrected chi connectivity index (χ4v) is 2.82. The number of nitrogens with two attached hydrogens (primary N) is 1. The minimum absolute atomic E-state index is 0.512. The number of nitrogens with zero attached hydrogens (tertiary/aromatic N) is 2. The van der Waals surface area contributed by atoms with Crippen LogP contribution in [0.1, 0.15) is 11.3 Å². The van der Waals surface area contributed by atoms with E-state index in [2.05, 4.69) is 5.10 Å². The minimum atomic E-state index is 0.512. The lowest BCUT2D eigenvalue weighted by Gasteiger charge is -2.06. The van der Waals surface area contributed by atoms with Gasteiger partial charge in [-0.15, -0.1) is 0 Å². The van der Waals surface area contributed by atoms with Gasteiger partial charge in [-0.05, 0) is 31.2 Å². The molecule has 0 fully saturated rings. The molecule has 0 atom stereocenters. The first-order chi connectivity index (χ1) is 8.65. The average molecular weight is 263 g/mol. The highest BCUT2D eigenvalue weighted by molar-refractivity contribution is 7.99. The van der Waals surface area contributed by atoms with E-state index in [0.29, 0.717) is 6.54 Å². The standard InChI is InChI=1S/C13H17N3OS/c1-9-12(8-14)13(16(2)15-9)18-11-6-4-10(17-3)5-7-11/h4-7H,8,14H2,1-3H3.